The highest BCUT2D eigenvalue weighted by Crippen LogP contribution is 2.19. The Kier molecular flexibility index (Phi) is 5.93. The van der Waals surface area contributed by atoms with Crippen molar-refractivity contribution in [3.63, 3.8) is 0 Å². The van der Waals surface area contributed by atoms with Crippen LogP contribution in [0.25, 0.3) is 0 Å². The summed E-state index contributed by atoms with van der Waals surface area (Å²) in [6.07, 6.45) is 3.10. The van der Waals surface area contributed by atoms with Gasteiger partial charge in [0, 0.05) is 44.3 Å². The molecule has 0 unspecified atom stereocenters. The summed E-state index contributed by atoms with van der Waals surface area (Å²) in [5, 5.41) is 0. The molecule has 6 nitrogen and oxygen atoms in total. The van der Waals surface area contributed by atoms with Gasteiger partial charge in [-0.3, -0.25) is 0 Å². The van der Waals surface area contributed by atoms with Gasteiger partial charge in [-0.1, -0.05) is 47.5 Å². The van der Waals surface area contributed by atoms with Gasteiger partial charge in [-0.25, -0.2) is 14.8 Å². The van der Waals surface area contributed by atoms with E-state index in [0.29, 0.717) is 11.5 Å². The largest absolute Gasteiger partial charge is 0.457 e. The van der Waals surface area contributed by atoms with Crippen LogP contribution in [0.15, 0.2) is 60.9 Å². The van der Waals surface area contributed by atoms with Gasteiger partial charge in [0.05, 0.1) is 5.56 Å². The molecule has 2 heterocycles. The Morgan fingerprint density at radius 3 is 1.97 bits per heavy atom. The molecule has 1 aromatic heterocycles. The van der Waals surface area contributed by atoms with Crippen LogP contribution in [-0.2, 0) is 11.3 Å². The van der Waals surface area contributed by atoms with E-state index in [-0.39, 0.29) is 6.61 Å². The molecular weight excluding hydrogens is 376 g/mol. The number of aryl methyl sites for hydroxylation is 2. The first-order valence-corrected chi connectivity index (χ1v) is 10.2. The average Bonchev–Trinajstić information content (AvgIpc) is 2.79. The SMILES string of the molecule is Cc1ccc(COC(=O)c2cnc(N3CCN(c4ccc(C)cc4)CC3)nc2)cc1. The average molecular weight is 402 g/mol. The minimum Gasteiger partial charge on any atom is -0.457 e. The number of hydrogen-bond acceptors (Lipinski definition) is 6. The number of anilines is 2. The highest BCUT2D eigenvalue weighted by Gasteiger charge is 2.20. The van der Waals surface area contributed by atoms with Crippen LogP contribution in [0.4, 0.5) is 11.6 Å². The second-order valence-electron chi connectivity index (χ2n) is 7.64. The minimum absolute atomic E-state index is 0.238. The highest BCUT2D eigenvalue weighted by molar-refractivity contribution is 5.88. The Morgan fingerprint density at radius 1 is 0.833 bits per heavy atom. The van der Waals surface area contributed by atoms with E-state index >= 15 is 0 Å². The summed E-state index contributed by atoms with van der Waals surface area (Å²) in [5.41, 5.74) is 5.01. The van der Waals surface area contributed by atoms with Crippen molar-refractivity contribution in [1.82, 2.24) is 9.97 Å². The highest BCUT2D eigenvalue weighted by atomic mass is 16.5. The second kappa shape index (κ2) is 8.95. The molecule has 0 aliphatic carbocycles. The lowest BCUT2D eigenvalue weighted by Gasteiger charge is -2.36. The van der Waals surface area contributed by atoms with E-state index in [4.69, 9.17) is 4.74 Å². The first-order chi connectivity index (χ1) is 14.6. The number of carbonyl (C=O) groups is 1. The number of nitrogens with zero attached hydrogens (tertiary/aromatic N) is 4. The van der Waals surface area contributed by atoms with Crippen LogP contribution in [0.5, 0.6) is 0 Å². The fourth-order valence-corrected chi connectivity index (χ4v) is 3.43. The molecule has 6 heteroatoms. The van der Waals surface area contributed by atoms with Crippen molar-refractivity contribution >= 4 is 17.6 Å². The van der Waals surface area contributed by atoms with Crippen LogP contribution in [0.2, 0.25) is 0 Å². The first-order valence-electron chi connectivity index (χ1n) is 10.2. The van der Waals surface area contributed by atoms with Gasteiger partial charge in [0.25, 0.3) is 0 Å². The normalized spacial score (nSPS) is 13.9. The zero-order valence-electron chi connectivity index (χ0n) is 17.4. The lowest BCUT2D eigenvalue weighted by Crippen LogP contribution is -2.47. The summed E-state index contributed by atoms with van der Waals surface area (Å²) >= 11 is 0. The van der Waals surface area contributed by atoms with E-state index in [1.165, 1.54) is 16.8 Å². The topological polar surface area (TPSA) is 58.6 Å². The van der Waals surface area contributed by atoms with Crippen LogP contribution >= 0.6 is 0 Å². The molecule has 2 aromatic carbocycles. The van der Waals surface area contributed by atoms with Gasteiger partial charge >= 0.3 is 5.97 Å². The molecule has 1 aliphatic rings. The quantitative estimate of drug-likeness (QED) is 0.606. The third-order valence-corrected chi connectivity index (χ3v) is 5.33. The molecule has 0 saturated carbocycles. The molecule has 0 spiro atoms. The third kappa shape index (κ3) is 4.76. The van der Waals surface area contributed by atoms with Crippen molar-refractivity contribution in [1.29, 1.82) is 0 Å². The van der Waals surface area contributed by atoms with Crippen LogP contribution < -0.4 is 9.80 Å². The molecule has 30 heavy (non-hydrogen) atoms. The standard InChI is InChI=1S/C24H26N4O2/c1-18-3-7-20(8-4-18)17-30-23(29)21-15-25-24(26-16-21)28-13-11-27(12-14-28)22-9-5-19(2)6-10-22/h3-10,15-16H,11-14,17H2,1-2H3. The lowest BCUT2D eigenvalue weighted by molar-refractivity contribution is 0.0471. The van der Waals surface area contributed by atoms with Gasteiger partial charge < -0.3 is 14.5 Å². The van der Waals surface area contributed by atoms with Crippen molar-refractivity contribution in [2.24, 2.45) is 0 Å². The molecule has 0 amide bonds. The van der Waals surface area contributed by atoms with Gasteiger partial charge in [-0.2, -0.15) is 0 Å². The lowest BCUT2D eigenvalue weighted by atomic mass is 10.2. The van der Waals surface area contributed by atoms with E-state index in [2.05, 4.69) is 51.0 Å². The number of hydrogen-bond donors (Lipinski definition) is 0. The fraction of sp³-hybridized carbons (Fsp3) is 0.292. The van der Waals surface area contributed by atoms with Crippen LogP contribution in [0.1, 0.15) is 27.0 Å². The first kappa shape index (κ1) is 19.9. The molecule has 0 atom stereocenters. The molecule has 1 fully saturated rings. The smallest absolute Gasteiger partial charge is 0.341 e. The number of carbonyl (C=O) groups excluding carboxylic acids is 1. The van der Waals surface area contributed by atoms with Crippen molar-refractivity contribution in [2.75, 3.05) is 36.0 Å². The second-order valence-corrected chi connectivity index (χ2v) is 7.64. The van der Waals surface area contributed by atoms with Crippen LogP contribution in [0, 0.1) is 13.8 Å². The minimum atomic E-state index is -0.411. The van der Waals surface area contributed by atoms with E-state index in [9.17, 15) is 4.79 Å². The Labute approximate surface area is 177 Å². The summed E-state index contributed by atoms with van der Waals surface area (Å²) in [4.78, 5) is 25.6. The van der Waals surface area contributed by atoms with E-state index in [1.807, 2.05) is 31.2 Å². The molecule has 0 radical (unpaired) electrons. The van der Waals surface area contributed by atoms with Crippen molar-refractivity contribution < 1.29 is 9.53 Å². The Bertz CT molecular complexity index is 977. The van der Waals surface area contributed by atoms with Crippen molar-refractivity contribution in [2.45, 2.75) is 20.5 Å². The maximum atomic E-state index is 12.3. The third-order valence-electron chi connectivity index (χ3n) is 5.33. The van der Waals surface area contributed by atoms with Crippen molar-refractivity contribution in [3.8, 4) is 0 Å². The van der Waals surface area contributed by atoms with Crippen LogP contribution in [-0.4, -0.2) is 42.1 Å². The van der Waals surface area contributed by atoms with Gasteiger partial charge in [-0.15, -0.1) is 0 Å². The molecule has 0 bridgehead atoms. The number of benzene rings is 2. The van der Waals surface area contributed by atoms with Gasteiger partial charge in [-0.05, 0) is 31.5 Å². The van der Waals surface area contributed by atoms with Gasteiger partial charge in [0.2, 0.25) is 5.95 Å². The van der Waals surface area contributed by atoms with E-state index in [0.717, 1.165) is 31.7 Å². The summed E-state index contributed by atoms with van der Waals surface area (Å²) in [6, 6.07) is 16.5. The molecule has 1 aliphatic heterocycles. The maximum absolute atomic E-state index is 12.3. The van der Waals surface area contributed by atoms with Crippen LogP contribution in [0.3, 0.4) is 0 Å². The maximum Gasteiger partial charge on any atom is 0.341 e. The molecule has 3 aromatic rings. The van der Waals surface area contributed by atoms with E-state index < -0.39 is 5.97 Å². The van der Waals surface area contributed by atoms with Gasteiger partial charge in [0.1, 0.15) is 6.61 Å². The Hall–Kier alpha value is -3.41. The Balaban J connectivity index is 1.30. The molecule has 0 N–H and O–H groups in total. The van der Waals surface area contributed by atoms with Gasteiger partial charge in [0.15, 0.2) is 0 Å². The number of piperazine rings is 1. The summed E-state index contributed by atoms with van der Waals surface area (Å²) < 4.78 is 5.37. The number of ether oxygens (including phenoxy) is 1. The summed E-state index contributed by atoms with van der Waals surface area (Å²) in [5.74, 6) is 0.236. The predicted molar refractivity (Wildman–Crippen MR) is 118 cm³/mol. The zero-order chi connectivity index (χ0) is 20.9. The monoisotopic (exact) mass is 402 g/mol. The molecule has 1 saturated heterocycles. The fourth-order valence-electron chi connectivity index (χ4n) is 3.43. The Morgan fingerprint density at radius 2 is 1.37 bits per heavy atom. The number of rotatable bonds is 5. The van der Waals surface area contributed by atoms with E-state index in [1.54, 1.807) is 12.4 Å². The predicted octanol–water partition coefficient (Wildman–Crippen LogP) is 3.78. The van der Waals surface area contributed by atoms with Crippen molar-refractivity contribution in [3.05, 3.63) is 83.2 Å². The number of aromatic nitrogens is 2. The zero-order valence-corrected chi connectivity index (χ0v) is 17.4. The molecule has 154 valence electrons. The summed E-state index contributed by atoms with van der Waals surface area (Å²) in [7, 11) is 0. The molecular formula is C24H26N4O2. The number of esters is 1. The molecule has 4 rings (SSSR count). The summed E-state index contributed by atoms with van der Waals surface area (Å²) in [6.45, 7) is 7.86.